The number of fused-ring (bicyclic) bond motifs is 1. The maximum Gasteiger partial charge on any atom is 0.224 e. The van der Waals surface area contributed by atoms with E-state index in [9.17, 15) is 5.11 Å². The summed E-state index contributed by atoms with van der Waals surface area (Å²) in [6.07, 6.45) is 9.19. The molecular formula is C15H20N6O. The number of aliphatic hydroxyl groups is 1. The van der Waals surface area contributed by atoms with Gasteiger partial charge in [0.2, 0.25) is 5.95 Å². The molecule has 2 aliphatic rings. The van der Waals surface area contributed by atoms with Crippen molar-refractivity contribution >= 4 is 22.9 Å². The van der Waals surface area contributed by atoms with Crippen LogP contribution in [0.2, 0.25) is 0 Å². The van der Waals surface area contributed by atoms with E-state index < -0.39 is 0 Å². The summed E-state index contributed by atoms with van der Waals surface area (Å²) >= 11 is 0. The van der Waals surface area contributed by atoms with Crippen molar-refractivity contribution in [2.45, 2.75) is 31.3 Å². The first-order valence-electron chi connectivity index (χ1n) is 7.69. The zero-order valence-corrected chi connectivity index (χ0v) is 12.6. The Morgan fingerprint density at radius 2 is 2.18 bits per heavy atom. The van der Waals surface area contributed by atoms with Gasteiger partial charge >= 0.3 is 0 Å². The van der Waals surface area contributed by atoms with Crippen LogP contribution < -0.4 is 10.6 Å². The Hall–Kier alpha value is -2.15. The van der Waals surface area contributed by atoms with Gasteiger partial charge in [-0.1, -0.05) is 12.2 Å². The van der Waals surface area contributed by atoms with Gasteiger partial charge in [-0.25, -0.2) is 4.98 Å². The maximum absolute atomic E-state index is 9.30. The Labute approximate surface area is 128 Å². The Balaban J connectivity index is 1.77. The third-order valence-corrected chi connectivity index (χ3v) is 4.59. The van der Waals surface area contributed by atoms with E-state index in [0.717, 1.165) is 23.4 Å². The summed E-state index contributed by atoms with van der Waals surface area (Å²) in [5.41, 5.74) is 7.48. The highest BCUT2D eigenvalue weighted by molar-refractivity contribution is 5.85. The summed E-state index contributed by atoms with van der Waals surface area (Å²) in [5.74, 6) is 1.29. The number of allylic oxidation sites excluding steroid dienone is 1. The van der Waals surface area contributed by atoms with Gasteiger partial charge in [0.05, 0.1) is 12.4 Å². The lowest BCUT2D eigenvalue weighted by Crippen LogP contribution is -2.22. The van der Waals surface area contributed by atoms with Crippen molar-refractivity contribution in [1.82, 2.24) is 19.5 Å². The van der Waals surface area contributed by atoms with E-state index in [1.807, 2.05) is 11.6 Å². The molecule has 0 aromatic carbocycles. The highest BCUT2D eigenvalue weighted by Gasteiger charge is 2.30. The van der Waals surface area contributed by atoms with Crippen molar-refractivity contribution in [3.63, 3.8) is 0 Å². The maximum atomic E-state index is 9.30. The molecule has 2 aliphatic carbocycles. The number of aliphatic hydroxyl groups excluding tert-OH is 1. The number of aromatic nitrogens is 4. The molecule has 116 valence electrons. The van der Waals surface area contributed by atoms with Crippen molar-refractivity contribution in [1.29, 1.82) is 0 Å². The largest absolute Gasteiger partial charge is 0.396 e. The van der Waals surface area contributed by atoms with Crippen LogP contribution in [0.25, 0.3) is 11.2 Å². The highest BCUT2D eigenvalue weighted by Crippen LogP contribution is 2.35. The van der Waals surface area contributed by atoms with Crippen LogP contribution in [0.3, 0.4) is 0 Å². The number of anilines is 2. The van der Waals surface area contributed by atoms with Gasteiger partial charge in [-0.3, -0.25) is 0 Å². The first kappa shape index (κ1) is 13.5. The van der Waals surface area contributed by atoms with Gasteiger partial charge in [-0.2, -0.15) is 9.97 Å². The fourth-order valence-electron chi connectivity index (χ4n) is 3.14. The van der Waals surface area contributed by atoms with E-state index in [2.05, 4.69) is 32.0 Å². The zero-order chi connectivity index (χ0) is 15.3. The van der Waals surface area contributed by atoms with Gasteiger partial charge in [0.1, 0.15) is 0 Å². The summed E-state index contributed by atoms with van der Waals surface area (Å²) in [6, 6.07) is 0.698. The Morgan fingerprint density at radius 1 is 1.36 bits per heavy atom. The van der Waals surface area contributed by atoms with Gasteiger partial charge in [-0.15, -0.1) is 0 Å². The second-order valence-electron chi connectivity index (χ2n) is 6.20. The van der Waals surface area contributed by atoms with Crippen LogP contribution in [0.4, 0.5) is 11.8 Å². The van der Waals surface area contributed by atoms with Crippen molar-refractivity contribution in [3.05, 3.63) is 18.5 Å². The fourth-order valence-corrected chi connectivity index (χ4v) is 3.14. The molecule has 2 aromatic rings. The Bertz CT molecular complexity index is 735. The van der Waals surface area contributed by atoms with Crippen LogP contribution in [0.1, 0.15) is 25.3 Å². The number of nitrogen functional groups attached to an aromatic ring is 1. The normalized spacial score (nSPS) is 24.3. The van der Waals surface area contributed by atoms with Gasteiger partial charge in [0.25, 0.3) is 0 Å². The molecule has 4 rings (SSSR count). The Kier molecular flexibility index (Phi) is 3.04. The average Bonchev–Trinajstić information content (AvgIpc) is 3.11. The summed E-state index contributed by atoms with van der Waals surface area (Å²) in [5, 5.41) is 9.30. The molecule has 22 heavy (non-hydrogen) atoms. The molecule has 0 radical (unpaired) electrons. The van der Waals surface area contributed by atoms with Crippen LogP contribution in [-0.4, -0.2) is 44.3 Å². The first-order valence-corrected chi connectivity index (χ1v) is 7.69. The Morgan fingerprint density at radius 3 is 2.86 bits per heavy atom. The van der Waals surface area contributed by atoms with Gasteiger partial charge < -0.3 is 20.3 Å². The number of imidazole rings is 1. The van der Waals surface area contributed by atoms with Gasteiger partial charge in [0, 0.05) is 25.6 Å². The van der Waals surface area contributed by atoms with Gasteiger partial charge in [-0.05, 0) is 19.3 Å². The highest BCUT2D eigenvalue weighted by atomic mass is 16.3. The van der Waals surface area contributed by atoms with Crippen LogP contribution in [0, 0.1) is 5.92 Å². The average molecular weight is 300 g/mol. The van der Waals surface area contributed by atoms with E-state index in [-0.39, 0.29) is 24.5 Å². The lowest BCUT2D eigenvalue weighted by atomic mass is 10.1. The van der Waals surface area contributed by atoms with Crippen LogP contribution in [-0.2, 0) is 0 Å². The summed E-state index contributed by atoms with van der Waals surface area (Å²) in [7, 11) is 2.04. The van der Waals surface area contributed by atoms with Crippen molar-refractivity contribution in [2.75, 3.05) is 24.3 Å². The summed E-state index contributed by atoms with van der Waals surface area (Å²) in [6.45, 7) is 0.173. The molecule has 0 bridgehead atoms. The van der Waals surface area contributed by atoms with Crippen LogP contribution in [0.5, 0.6) is 0 Å². The molecule has 2 aromatic heterocycles. The minimum absolute atomic E-state index is 0.163. The smallest absolute Gasteiger partial charge is 0.224 e. The van der Waals surface area contributed by atoms with Crippen molar-refractivity contribution < 1.29 is 5.11 Å². The van der Waals surface area contributed by atoms with Crippen LogP contribution >= 0.6 is 0 Å². The fraction of sp³-hybridized carbons (Fsp3) is 0.533. The van der Waals surface area contributed by atoms with E-state index in [0.29, 0.717) is 6.04 Å². The number of nitrogens with zero attached hydrogens (tertiary/aromatic N) is 5. The van der Waals surface area contributed by atoms with Crippen molar-refractivity contribution in [2.24, 2.45) is 5.92 Å². The molecule has 0 aliphatic heterocycles. The third kappa shape index (κ3) is 2.12. The second-order valence-corrected chi connectivity index (χ2v) is 6.20. The second kappa shape index (κ2) is 4.95. The predicted octanol–water partition coefficient (Wildman–Crippen LogP) is 1.12. The number of nitrogens with two attached hydrogens (primary N) is 1. The van der Waals surface area contributed by atoms with E-state index in [1.165, 1.54) is 12.8 Å². The molecule has 2 atom stereocenters. The van der Waals surface area contributed by atoms with E-state index >= 15 is 0 Å². The molecule has 7 nitrogen and oxygen atoms in total. The van der Waals surface area contributed by atoms with Crippen LogP contribution in [0.15, 0.2) is 18.5 Å². The molecule has 7 heteroatoms. The van der Waals surface area contributed by atoms with Crippen molar-refractivity contribution in [3.8, 4) is 0 Å². The molecule has 3 N–H and O–H groups in total. The molecule has 0 amide bonds. The minimum atomic E-state index is 0.163. The topological polar surface area (TPSA) is 93.1 Å². The predicted molar refractivity (Wildman–Crippen MR) is 84.5 cm³/mol. The lowest BCUT2D eigenvalue weighted by Gasteiger charge is -2.18. The van der Waals surface area contributed by atoms with E-state index in [4.69, 9.17) is 5.73 Å². The zero-order valence-electron chi connectivity index (χ0n) is 12.6. The molecule has 2 heterocycles. The third-order valence-electron chi connectivity index (χ3n) is 4.59. The molecule has 1 fully saturated rings. The quantitative estimate of drug-likeness (QED) is 0.822. The standard InChI is InChI=1S/C15H20N6O/c1-20(10-4-5-10)13-12-14(19-15(16)18-13)21(8-17-12)11-3-2-9(6-11)7-22/h2-3,8-11,22H,4-7H2,1H3,(H2,16,18,19)/t9-,11?/m1/s1. The SMILES string of the molecule is CN(c1nc(N)nc2c1ncn2C1C=C[C@@H](CO)C1)C1CC1. The number of rotatable bonds is 4. The van der Waals surface area contributed by atoms with Gasteiger partial charge in [0.15, 0.2) is 17.0 Å². The molecule has 0 spiro atoms. The molecule has 0 saturated heterocycles. The lowest BCUT2D eigenvalue weighted by molar-refractivity contribution is 0.244. The molecular weight excluding hydrogens is 280 g/mol. The number of hydrogen-bond donors (Lipinski definition) is 2. The molecule has 1 saturated carbocycles. The minimum Gasteiger partial charge on any atom is -0.396 e. The molecule has 1 unspecified atom stereocenters. The summed E-state index contributed by atoms with van der Waals surface area (Å²) < 4.78 is 2.03. The van der Waals surface area contributed by atoms with E-state index in [1.54, 1.807) is 6.33 Å². The number of hydrogen-bond acceptors (Lipinski definition) is 6. The summed E-state index contributed by atoms with van der Waals surface area (Å²) in [4.78, 5) is 15.5. The monoisotopic (exact) mass is 300 g/mol. The first-order chi connectivity index (χ1) is 10.7.